The summed E-state index contributed by atoms with van der Waals surface area (Å²) in [6.45, 7) is 7.73. The van der Waals surface area contributed by atoms with Crippen molar-refractivity contribution in [3.05, 3.63) is 88.3 Å². The van der Waals surface area contributed by atoms with Crippen molar-refractivity contribution >= 4 is 17.7 Å². The summed E-state index contributed by atoms with van der Waals surface area (Å²) in [5.41, 5.74) is 1.51. The number of piperazine rings is 1. The van der Waals surface area contributed by atoms with Crippen LogP contribution in [0.3, 0.4) is 0 Å². The van der Waals surface area contributed by atoms with Crippen molar-refractivity contribution in [3.63, 3.8) is 0 Å². The van der Waals surface area contributed by atoms with Crippen LogP contribution in [0.1, 0.15) is 69.1 Å². The number of nitrogens with zero attached hydrogens (tertiary/aromatic N) is 3. The molecule has 1 unspecified atom stereocenters. The molecule has 0 spiro atoms. The Labute approximate surface area is 255 Å². The first-order chi connectivity index (χ1) is 21.1. The van der Waals surface area contributed by atoms with Crippen LogP contribution in [0.4, 0.5) is 8.78 Å². The minimum atomic E-state index is -1.27. The molecule has 1 fully saturated rings. The van der Waals surface area contributed by atoms with Crippen molar-refractivity contribution in [1.82, 2.24) is 25.6 Å². The second-order valence-corrected chi connectivity index (χ2v) is 11.1. The second kappa shape index (κ2) is 15.0. The lowest BCUT2D eigenvalue weighted by Gasteiger charge is -2.38. The van der Waals surface area contributed by atoms with Crippen LogP contribution >= 0.6 is 0 Å². The number of amides is 3. The summed E-state index contributed by atoms with van der Waals surface area (Å²) in [4.78, 5) is 43.1. The van der Waals surface area contributed by atoms with Crippen LogP contribution in [0.5, 0.6) is 0 Å². The third kappa shape index (κ3) is 8.26. The van der Waals surface area contributed by atoms with Gasteiger partial charge in [-0.05, 0) is 67.6 Å². The molecule has 1 saturated heterocycles. The van der Waals surface area contributed by atoms with E-state index in [9.17, 15) is 28.3 Å². The maximum atomic E-state index is 14.1. The number of carbonyl (C=O) groups excluding carboxylic acids is 3. The predicted octanol–water partition coefficient (Wildman–Crippen LogP) is 3.34. The van der Waals surface area contributed by atoms with E-state index in [0.29, 0.717) is 37.3 Å². The highest BCUT2D eigenvalue weighted by Gasteiger charge is 2.35. The number of carbonyl (C=O) groups is 3. The summed E-state index contributed by atoms with van der Waals surface area (Å²) in [6, 6.07) is 7.65. The Morgan fingerprint density at radius 1 is 1.09 bits per heavy atom. The molecule has 236 valence electrons. The molecule has 2 aromatic carbocycles. The number of halogens is 2. The molecule has 10 nitrogen and oxygen atoms in total. The van der Waals surface area contributed by atoms with Gasteiger partial charge in [-0.25, -0.2) is 8.78 Å². The molecular formula is C32H39F2N5O5. The number of hydrogen-bond donors (Lipinski definition) is 3. The van der Waals surface area contributed by atoms with Crippen LogP contribution in [-0.4, -0.2) is 88.7 Å². The van der Waals surface area contributed by atoms with Crippen molar-refractivity contribution in [2.75, 3.05) is 32.7 Å². The molecular weight excluding hydrogens is 572 g/mol. The largest absolute Gasteiger partial charge is 0.389 e. The van der Waals surface area contributed by atoms with E-state index in [2.05, 4.69) is 15.8 Å². The van der Waals surface area contributed by atoms with Crippen molar-refractivity contribution in [2.24, 2.45) is 0 Å². The molecule has 12 heteroatoms. The molecule has 44 heavy (non-hydrogen) atoms. The van der Waals surface area contributed by atoms with Crippen LogP contribution in [0, 0.1) is 18.6 Å². The number of aliphatic hydroxyl groups is 1. The lowest BCUT2D eigenvalue weighted by Crippen LogP contribution is -2.62. The van der Waals surface area contributed by atoms with Gasteiger partial charge >= 0.3 is 0 Å². The molecule has 0 radical (unpaired) electrons. The highest BCUT2D eigenvalue weighted by atomic mass is 19.1. The Kier molecular flexibility index (Phi) is 11.2. The predicted molar refractivity (Wildman–Crippen MR) is 159 cm³/mol. The van der Waals surface area contributed by atoms with Crippen LogP contribution in [0.25, 0.3) is 0 Å². The first-order valence-electron chi connectivity index (χ1n) is 14.9. The standard InChI is InChI=1S/C32H39F2N5O5/c1-4-9-38(10-5-2)31(42)23-13-20(3)12-22(17-23)30(41)37-26(16-21-14-24(33)18-25(34)15-21)29(40)27-19-39(11-8-35-27)32(43)28-6-7-36-44-28/h6-7,12-15,17-18,26-27,29,35,40H,4-5,8-11,16,19H2,1-3H3,(H,37,41)/t26?,27-,29+/m1/s1. The molecule has 1 aromatic heterocycles. The lowest BCUT2D eigenvalue weighted by molar-refractivity contribution is 0.0389. The Morgan fingerprint density at radius 3 is 2.41 bits per heavy atom. The topological polar surface area (TPSA) is 128 Å². The van der Waals surface area contributed by atoms with E-state index in [1.807, 2.05) is 13.8 Å². The van der Waals surface area contributed by atoms with Gasteiger partial charge in [0.1, 0.15) is 11.6 Å². The minimum Gasteiger partial charge on any atom is -0.389 e. The molecule has 0 aliphatic carbocycles. The van der Waals surface area contributed by atoms with Gasteiger partial charge in [-0.2, -0.15) is 0 Å². The van der Waals surface area contributed by atoms with E-state index in [4.69, 9.17) is 4.52 Å². The number of hydrogen-bond acceptors (Lipinski definition) is 7. The van der Waals surface area contributed by atoms with Gasteiger partial charge in [-0.1, -0.05) is 19.0 Å². The lowest BCUT2D eigenvalue weighted by atomic mass is 9.94. The van der Waals surface area contributed by atoms with E-state index in [-0.39, 0.29) is 35.8 Å². The zero-order chi connectivity index (χ0) is 31.8. The zero-order valence-electron chi connectivity index (χ0n) is 25.2. The van der Waals surface area contributed by atoms with Crippen molar-refractivity contribution < 1.29 is 32.8 Å². The minimum absolute atomic E-state index is 0.0569. The fraction of sp³-hybridized carbons (Fsp3) is 0.438. The molecule has 0 saturated carbocycles. The molecule has 2 heterocycles. The van der Waals surface area contributed by atoms with E-state index in [0.717, 1.165) is 31.0 Å². The number of benzene rings is 2. The molecule has 1 aliphatic heterocycles. The number of rotatable bonds is 12. The van der Waals surface area contributed by atoms with Gasteiger partial charge in [0.2, 0.25) is 5.76 Å². The Hall–Kier alpha value is -4.16. The summed E-state index contributed by atoms with van der Waals surface area (Å²) in [6.07, 6.45) is 1.57. The van der Waals surface area contributed by atoms with Gasteiger partial charge in [0.05, 0.1) is 24.4 Å². The van der Waals surface area contributed by atoms with Gasteiger partial charge in [-0.15, -0.1) is 0 Å². The van der Waals surface area contributed by atoms with Gasteiger partial charge in [0.25, 0.3) is 17.7 Å². The molecule has 0 bridgehead atoms. The number of nitrogens with one attached hydrogen (secondary N) is 2. The molecule has 3 amide bonds. The average Bonchev–Trinajstić information content (AvgIpc) is 3.54. The summed E-state index contributed by atoms with van der Waals surface area (Å²) in [7, 11) is 0. The SMILES string of the molecule is CCCN(CCC)C(=O)c1cc(C)cc(C(=O)NC(Cc2cc(F)cc(F)c2)[C@H](O)[C@H]2CN(C(=O)c3ccno3)CCN2)c1. The molecule has 3 atom stereocenters. The molecule has 4 rings (SSSR count). The summed E-state index contributed by atoms with van der Waals surface area (Å²) in [5, 5.41) is 21.1. The zero-order valence-corrected chi connectivity index (χ0v) is 25.2. The molecule has 3 N–H and O–H groups in total. The maximum absolute atomic E-state index is 14.1. The van der Waals surface area contributed by atoms with Crippen molar-refractivity contribution in [1.29, 1.82) is 0 Å². The maximum Gasteiger partial charge on any atom is 0.292 e. The smallest absolute Gasteiger partial charge is 0.292 e. The Bertz CT molecular complexity index is 1420. The van der Waals surface area contributed by atoms with E-state index in [1.165, 1.54) is 23.2 Å². The molecule has 3 aromatic rings. The van der Waals surface area contributed by atoms with E-state index in [1.54, 1.807) is 24.0 Å². The van der Waals surface area contributed by atoms with Gasteiger partial charge in [0.15, 0.2) is 0 Å². The summed E-state index contributed by atoms with van der Waals surface area (Å²) in [5.74, 6) is -2.66. The molecule has 1 aliphatic rings. The quantitative estimate of drug-likeness (QED) is 0.287. The van der Waals surface area contributed by atoms with Crippen molar-refractivity contribution in [2.45, 2.75) is 58.2 Å². The van der Waals surface area contributed by atoms with Crippen LogP contribution in [-0.2, 0) is 6.42 Å². The monoisotopic (exact) mass is 611 g/mol. The number of aliphatic hydroxyl groups excluding tert-OH is 1. The van der Waals surface area contributed by atoms with Crippen molar-refractivity contribution in [3.8, 4) is 0 Å². The third-order valence-corrected chi connectivity index (χ3v) is 7.52. The summed E-state index contributed by atoms with van der Waals surface area (Å²) < 4.78 is 33.2. The van der Waals surface area contributed by atoms with E-state index >= 15 is 0 Å². The van der Waals surface area contributed by atoms with Crippen LogP contribution in [0.15, 0.2) is 53.2 Å². The van der Waals surface area contributed by atoms with Crippen LogP contribution < -0.4 is 10.6 Å². The average molecular weight is 612 g/mol. The Morgan fingerprint density at radius 2 is 1.77 bits per heavy atom. The first kappa shape index (κ1) is 32.7. The first-order valence-corrected chi connectivity index (χ1v) is 14.9. The van der Waals surface area contributed by atoms with Gasteiger partial charge < -0.3 is 30.1 Å². The van der Waals surface area contributed by atoms with Gasteiger partial charge in [-0.3, -0.25) is 14.4 Å². The van der Waals surface area contributed by atoms with Crippen LogP contribution in [0.2, 0.25) is 0 Å². The highest BCUT2D eigenvalue weighted by Crippen LogP contribution is 2.18. The van der Waals surface area contributed by atoms with Gasteiger partial charge in [0, 0.05) is 56.0 Å². The third-order valence-electron chi connectivity index (χ3n) is 7.52. The van der Waals surface area contributed by atoms with E-state index < -0.39 is 41.6 Å². The normalized spacial score (nSPS) is 16.3. The Balaban J connectivity index is 1.59. The summed E-state index contributed by atoms with van der Waals surface area (Å²) >= 11 is 0. The fourth-order valence-electron chi connectivity index (χ4n) is 5.52. The number of aromatic nitrogens is 1. The highest BCUT2D eigenvalue weighted by molar-refractivity contribution is 6.00. The number of aryl methyl sites for hydroxylation is 1. The second-order valence-electron chi connectivity index (χ2n) is 11.1. The fourth-order valence-corrected chi connectivity index (χ4v) is 5.52.